The SMILES string of the molecule is CCOC(=O)C[C@H](S)[C@H](C[C@@H]1CCNC1=O)NC(=O)[C@H](Cc1ccccc1)NC(=O)[C@H](COC(C)(C)C)NC(=O)OCc1ccccc1. The van der Waals surface area contributed by atoms with Gasteiger partial charge in [0.1, 0.15) is 18.7 Å². The molecule has 1 heterocycles. The summed E-state index contributed by atoms with van der Waals surface area (Å²) in [5, 5.41) is 10.5. The van der Waals surface area contributed by atoms with Crippen LogP contribution >= 0.6 is 12.6 Å². The summed E-state index contributed by atoms with van der Waals surface area (Å²) in [5.74, 6) is -2.19. The first-order valence-electron chi connectivity index (χ1n) is 16.2. The van der Waals surface area contributed by atoms with Crippen LogP contribution in [0.5, 0.6) is 0 Å². The summed E-state index contributed by atoms with van der Waals surface area (Å²) in [6.07, 6.45) is 0.0281. The van der Waals surface area contributed by atoms with Crippen LogP contribution in [-0.2, 0) is 46.4 Å². The molecule has 12 nitrogen and oxygen atoms in total. The van der Waals surface area contributed by atoms with Gasteiger partial charge in [-0.3, -0.25) is 19.2 Å². The monoisotopic (exact) mass is 684 g/mol. The number of hydrogen-bond donors (Lipinski definition) is 5. The fourth-order valence-corrected chi connectivity index (χ4v) is 5.40. The van der Waals surface area contributed by atoms with Crippen LogP contribution < -0.4 is 21.3 Å². The summed E-state index contributed by atoms with van der Waals surface area (Å²) in [7, 11) is 0. The smallest absolute Gasteiger partial charge is 0.408 e. The number of alkyl carbamates (subject to hydrolysis) is 1. The lowest BCUT2D eigenvalue weighted by atomic mass is 9.94. The predicted molar refractivity (Wildman–Crippen MR) is 183 cm³/mol. The molecule has 0 unspecified atom stereocenters. The molecular formula is C35H48N4O8S. The Morgan fingerprint density at radius 3 is 2.10 bits per heavy atom. The van der Waals surface area contributed by atoms with Crippen LogP contribution in [0.15, 0.2) is 60.7 Å². The van der Waals surface area contributed by atoms with E-state index < -0.39 is 52.9 Å². The number of esters is 1. The standard InChI is InChI=1S/C35H48N4O8S/c1-5-45-30(40)20-29(48)26(19-25-16-17-36-31(25)41)37-32(42)27(18-23-12-8-6-9-13-23)38-33(43)28(22-47-35(2,3)4)39-34(44)46-21-24-14-10-7-11-15-24/h6-15,25-29,48H,5,16-22H2,1-4H3,(H,36,41)(H,37,42)(H,38,43)(H,39,44)/t25-,26-,27-,28-,29-/m0/s1. The zero-order valence-corrected chi connectivity index (χ0v) is 28.9. The zero-order valence-electron chi connectivity index (χ0n) is 28.0. The normalized spacial score (nSPS) is 16.9. The average Bonchev–Trinajstić information content (AvgIpc) is 3.45. The Labute approximate surface area is 287 Å². The Balaban J connectivity index is 1.80. The molecule has 2 aromatic rings. The first-order valence-corrected chi connectivity index (χ1v) is 16.7. The lowest BCUT2D eigenvalue weighted by Gasteiger charge is -2.29. The summed E-state index contributed by atoms with van der Waals surface area (Å²) in [5.41, 5.74) is 0.917. The van der Waals surface area contributed by atoms with Crippen molar-refractivity contribution in [3.05, 3.63) is 71.8 Å². The summed E-state index contributed by atoms with van der Waals surface area (Å²) < 4.78 is 16.3. The van der Waals surface area contributed by atoms with Gasteiger partial charge in [0.2, 0.25) is 17.7 Å². The van der Waals surface area contributed by atoms with Crippen molar-refractivity contribution in [2.24, 2.45) is 5.92 Å². The van der Waals surface area contributed by atoms with E-state index >= 15 is 0 Å². The molecule has 3 rings (SSSR count). The molecule has 1 saturated heterocycles. The van der Waals surface area contributed by atoms with E-state index in [9.17, 15) is 24.0 Å². The van der Waals surface area contributed by atoms with Gasteiger partial charge in [-0.2, -0.15) is 12.6 Å². The molecule has 0 aliphatic carbocycles. The predicted octanol–water partition coefficient (Wildman–Crippen LogP) is 3.09. The number of amides is 4. The molecule has 0 saturated carbocycles. The second-order valence-corrected chi connectivity index (χ2v) is 13.3. The highest BCUT2D eigenvalue weighted by atomic mass is 32.1. The molecule has 1 aliphatic heterocycles. The molecule has 0 spiro atoms. The van der Waals surface area contributed by atoms with Gasteiger partial charge in [0, 0.05) is 30.2 Å². The van der Waals surface area contributed by atoms with Gasteiger partial charge in [-0.1, -0.05) is 60.7 Å². The molecule has 4 N–H and O–H groups in total. The summed E-state index contributed by atoms with van der Waals surface area (Å²) in [4.78, 5) is 65.3. The summed E-state index contributed by atoms with van der Waals surface area (Å²) in [6, 6.07) is 15.3. The van der Waals surface area contributed by atoms with Crippen LogP contribution in [0.3, 0.4) is 0 Å². The van der Waals surface area contributed by atoms with Crippen LogP contribution in [-0.4, -0.2) is 78.5 Å². The van der Waals surface area contributed by atoms with Gasteiger partial charge in [0.05, 0.1) is 25.2 Å². The number of rotatable bonds is 17. The van der Waals surface area contributed by atoms with Crippen molar-refractivity contribution >= 4 is 42.4 Å². The van der Waals surface area contributed by atoms with Gasteiger partial charge in [0.25, 0.3) is 0 Å². The van der Waals surface area contributed by atoms with Gasteiger partial charge < -0.3 is 35.5 Å². The maximum Gasteiger partial charge on any atom is 0.408 e. The zero-order chi connectivity index (χ0) is 35.1. The average molecular weight is 685 g/mol. The number of ether oxygens (including phenoxy) is 3. The second-order valence-electron chi connectivity index (χ2n) is 12.6. The minimum atomic E-state index is -1.20. The molecule has 13 heteroatoms. The van der Waals surface area contributed by atoms with Gasteiger partial charge in [-0.15, -0.1) is 0 Å². The molecule has 2 aromatic carbocycles. The molecular weight excluding hydrogens is 636 g/mol. The minimum Gasteiger partial charge on any atom is -0.466 e. The highest BCUT2D eigenvalue weighted by Crippen LogP contribution is 2.22. The lowest BCUT2D eigenvalue weighted by Crippen LogP contribution is -2.58. The molecule has 262 valence electrons. The fourth-order valence-electron chi connectivity index (χ4n) is 5.06. The third kappa shape index (κ3) is 13.6. The van der Waals surface area contributed by atoms with E-state index in [2.05, 4.69) is 33.9 Å². The van der Waals surface area contributed by atoms with Crippen molar-refractivity contribution in [3.8, 4) is 0 Å². The van der Waals surface area contributed by atoms with Gasteiger partial charge in [-0.25, -0.2) is 4.79 Å². The van der Waals surface area contributed by atoms with E-state index in [1.807, 2.05) is 81.4 Å². The van der Waals surface area contributed by atoms with Crippen molar-refractivity contribution in [3.63, 3.8) is 0 Å². The first kappa shape index (κ1) is 38.3. The van der Waals surface area contributed by atoms with Crippen LogP contribution in [0.4, 0.5) is 4.79 Å². The van der Waals surface area contributed by atoms with Gasteiger partial charge >= 0.3 is 12.1 Å². The number of carbonyl (C=O) groups excluding carboxylic acids is 5. The van der Waals surface area contributed by atoms with Gasteiger partial charge in [0.15, 0.2) is 0 Å². The second kappa shape index (κ2) is 19.0. The minimum absolute atomic E-state index is 0.00270. The fraction of sp³-hybridized carbons (Fsp3) is 0.514. The molecule has 4 amide bonds. The van der Waals surface area contributed by atoms with Crippen LogP contribution in [0.1, 0.15) is 58.1 Å². The van der Waals surface area contributed by atoms with E-state index in [0.29, 0.717) is 13.0 Å². The Morgan fingerprint density at radius 1 is 0.896 bits per heavy atom. The quantitative estimate of drug-likeness (QED) is 0.126. The largest absolute Gasteiger partial charge is 0.466 e. The Kier molecular flexibility index (Phi) is 15.2. The van der Waals surface area contributed by atoms with E-state index in [1.165, 1.54) is 0 Å². The molecule has 1 aliphatic rings. The number of hydrogen-bond acceptors (Lipinski definition) is 9. The molecule has 0 bridgehead atoms. The van der Waals surface area contributed by atoms with Crippen molar-refractivity contribution < 1.29 is 38.2 Å². The van der Waals surface area contributed by atoms with Gasteiger partial charge in [-0.05, 0) is 51.7 Å². The number of thiol groups is 1. The third-order valence-electron chi connectivity index (χ3n) is 7.59. The van der Waals surface area contributed by atoms with E-state index in [1.54, 1.807) is 6.92 Å². The molecule has 48 heavy (non-hydrogen) atoms. The van der Waals surface area contributed by atoms with E-state index in [4.69, 9.17) is 14.2 Å². The van der Waals surface area contributed by atoms with Crippen molar-refractivity contribution in [1.82, 2.24) is 21.3 Å². The van der Waals surface area contributed by atoms with Crippen molar-refractivity contribution in [2.45, 2.75) is 89.0 Å². The highest BCUT2D eigenvalue weighted by Gasteiger charge is 2.35. The van der Waals surface area contributed by atoms with Crippen LogP contribution in [0.25, 0.3) is 0 Å². The van der Waals surface area contributed by atoms with E-state index in [-0.39, 0.29) is 50.9 Å². The molecule has 0 aromatic heterocycles. The summed E-state index contributed by atoms with van der Waals surface area (Å²) in [6.45, 7) is 7.67. The Hall–Kier alpha value is -4.10. The van der Waals surface area contributed by atoms with Crippen molar-refractivity contribution in [1.29, 1.82) is 0 Å². The number of benzene rings is 2. The Bertz CT molecular complexity index is 1360. The molecule has 0 radical (unpaired) electrons. The van der Waals surface area contributed by atoms with Crippen LogP contribution in [0, 0.1) is 5.92 Å². The topological polar surface area (TPSA) is 161 Å². The first-order chi connectivity index (χ1) is 22.8. The maximum absolute atomic E-state index is 14.0. The maximum atomic E-state index is 14.0. The molecule has 1 fully saturated rings. The third-order valence-corrected chi connectivity index (χ3v) is 8.14. The number of nitrogens with one attached hydrogen (secondary N) is 4. The lowest BCUT2D eigenvalue weighted by molar-refractivity contribution is -0.143. The summed E-state index contributed by atoms with van der Waals surface area (Å²) >= 11 is 4.63. The van der Waals surface area contributed by atoms with Crippen molar-refractivity contribution in [2.75, 3.05) is 19.8 Å². The van der Waals surface area contributed by atoms with E-state index in [0.717, 1.165) is 11.1 Å². The number of carbonyl (C=O) groups is 5. The Morgan fingerprint density at radius 2 is 1.52 bits per heavy atom. The molecule has 5 atom stereocenters. The van der Waals surface area contributed by atoms with Crippen LogP contribution in [0.2, 0.25) is 0 Å². The highest BCUT2D eigenvalue weighted by molar-refractivity contribution is 7.81.